The van der Waals surface area contributed by atoms with Crippen molar-refractivity contribution in [2.24, 2.45) is 0 Å². The monoisotopic (exact) mass is 574 g/mol. The number of halogens is 2. The first kappa shape index (κ1) is 28.2. The van der Waals surface area contributed by atoms with Gasteiger partial charge in [0, 0.05) is 31.1 Å². The second-order valence-electron chi connectivity index (χ2n) is 9.35. The fourth-order valence-corrected chi connectivity index (χ4v) is 6.91. The van der Waals surface area contributed by atoms with E-state index in [9.17, 15) is 22.4 Å². The maximum atomic E-state index is 13.2. The Kier molecular flexibility index (Phi) is 10.7. The van der Waals surface area contributed by atoms with Crippen LogP contribution in [0.25, 0.3) is 0 Å². The van der Waals surface area contributed by atoms with Crippen LogP contribution in [0.15, 0.2) is 23.1 Å². The van der Waals surface area contributed by atoms with Crippen LogP contribution < -0.4 is 4.90 Å². The molecule has 2 atom stereocenters. The van der Waals surface area contributed by atoms with Crippen molar-refractivity contribution in [3.05, 3.63) is 23.8 Å². The number of alkyl halides is 2. The van der Waals surface area contributed by atoms with Crippen LogP contribution in [0.2, 0.25) is 0 Å². The molecule has 0 radical (unpaired) electrons. The van der Waals surface area contributed by atoms with Crippen LogP contribution >= 0.6 is 15.9 Å². The van der Waals surface area contributed by atoms with Crippen molar-refractivity contribution in [3.63, 3.8) is 0 Å². The quantitative estimate of drug-likeness (QED) is 0.169. The van der Waals surface area contributed by atoms with Gasteiger partial charge in [-0.15, -0.1) is 0 Å². The molecular formula is C25H36BrFN2O5S. The van der Waals surface area contributed by atoms with Gasteiger partial charge in [-0.3, -0.25) is 9.59 Å². The lowest BCUT2D eigenvalue weighted by Crippen LogP contribution is -2.38. The average molecular weight is 576 g/mol. The molecule has 0 saturated carbocycles. The molecule has 0 spiro atoms. The van der Waals surface area contributed by atoms with Crippen molar-refractivity contribution in [2.75, 3.05) is 38.4 Å². The fourth-order valence-electron chi connectivity index (χ4n) is 4.88. The SMILES string of the molecule is COC[C@@H]1CCCN1S(=O)(=O)c1ccc2c(c1)C(=O)C(=O)N2CCCCCCCCCC(Br)CF. The lowest BCUT2D eigenvalue weighted by Gasteiger charge is -2.24. The van der Waals surface area contributed by atoms with Crippen LogP contribution in [-0.2, 0) is 19.6 Å². The molecule has 0 N–H and O–H groups in total. The van der Waals surface area contributed by atoms with Gasteiger partial charge in [0.15, 0.2) is 0 Å². The molecule has 1 saturated heterocycles. The number of ketones is 1. The molecule has 0 aliphatic carbocycles. The molecule has 2 aliphatic rings. The van der Waals surface area contributed by atoms with E-state index >= 15 is 0 Å². The summed E-state index contributed by atoms with van der Waals surface area (Å²) in [5, 5.41) is 0. The van der Waals surface area contributed by atoms with E-state index in [2.05, 4.69) is 15.9 Å². The highest BCUT2D eigenvalue weighted by Gasteiger charge is 2.39. The molecule has 2 heterocycles. The number of fused-ring (bicyclic) bond motifs is 1. The molecule has 196 valence electrons. The van der Waals surface area contributed by atoms with E-state index in [-0.39, 0.29) is 28.0 Å². The van der Waals surface area contributed by atoms with Gasteiger partial charge >= 0.3 is 0 Å². The zero-order chi connectivity index (χ0) is 25.4. The molecule has 7 nitrogen and oxygen atoms in total. The van der Waals surface area contributed by atoms with Crippen LogP contribution in [-0.4, -0.2) is 68.8 Å². The molecule has 1 aromatic rings. The summed E-state index contributed by atoms with van der Waals surface area (Å²) in [7, 11) is -2.23. The lowest BCUT2D eigenvalue weighted by molar-refractivity contribution is -0.114. The predicted octanol–water partition coefficient (Wildman–Crippen LogP) is 4.87. The summed E-state index contributed by atoms with van der Waals surface area (Å²) in [6, 6.07) is 4.22. The Morgan fingerprint density at radius 3 is 2.49 bits per heavy atom. The Bertz CT molecular complexity index is 990. The van der Waals surface area contributed by atoms with E-state index in [4.69, 9.17) is 4.74 Å². The average Bonchev–Trinajstić information content (AvgIpc) is 3.41. The number of amides is 1. The first-order chi connectivity index (χ1) is 16.8. The van der Waals surface area contributed by atoms with Gasteiger partial charge in [0.1, 0.15) is 6.67 Å². The molecule has 10 heteroatoms. The summed E-state index contributed by atoms with van der Waals surface area (Å²) in [4.78, 5) is 26.7. The summed E-state index contributed by atoms with van der Waals surface area (Å²) in [5.41, 5.74) is 0.656. The van der Waals surface area contributed by atoms with Gasteiger partial charge in [0.05, 0.1) is 22.8 Å². The summed E-state index contributed by atoms with van der Waals surface area (Å²) in [6.45, 7) is 0.853. The number of rotatable bonds is 15. The molecule has 35 heavy (non-hydrogen) atoms. The van der Waals surface area contributed by atoms with E-state index < -0.39 is 21.7 Å². The van der Waals surface area contributed by atoms with E-state index in [1.165, 1.54) is 21.3 Å². The third-order valence-electron chi connectivity index (χ3n) is 6.80. The number of benzene rings is 1. The van der Waals surface area contributed by atoms with Gasteiger partial charge in [0.25, 0.3) is 11.7 Å². The minimum Gasteiger partial charge on any atom is -0.383 e. The zero-order valence-electron chi connectivity index (χ0n) is 20.4. The summed E-state index contributed by atoms with van der Waals surface area (Å²) >= 11 is 3.30. The highest BCUT2D eigenvalue weighted by molar-refractivity contribution is 9.09. The van der Waals surface area contributed by atoms with Crippen molar-refractivity contribution >= 4 is 43.3 Å². The van der Waals surface area contributed by atoms with Gasteiger partial charge in [-0.05, 0) is 43.9 Å². The second kappa shape index (κ2) is 13.3. The Labute approximate surface area is 216 Å². The van der Waals surface area contributed by atoms with Crippen molar-refractivity contribution in [1.82, 2.24) is 4.31 Å². The number of carbonyl (C=O) groups is 2. The van der Waals surface area contributed by atoms with Gasteiger partial charge in [-0.2, -0.15) is 4.31 Å². The minimum absolute atomic E-state index is 0.0323. The summed E-state index contributed by atoms with van der Waals surface area (Å²) in [5.74, 6) is -1.24. The summed E-state index contributed by atoms with van der Waals surface area (Å²) in [6.07, 6.45) is 9.42. The van der Waals surface area contributed by atoms with Gasteiger partial charge in [-0.25, -0.2) is 12.8 Å². The van der Waals surface area contributed by atoms with Crippen molar-refractivity contribution in [1.29, 1.82) is 0 Å². The number of methoxy groups -OCH3 is 1. The van der Waals surface area contributed by atoms with Crippen LogP contribution in [0.5, 0.6) is 0 Å². The Hall–Kier alpha value is -1.36. The summed E-state index contributed by atoms with van der Waals surface area (Å²) < 4.78 is 45.5. The zero-order valence-corrected chi connectivity index (χ0v) is 22.8. The van der Waals surface area contributed by atoms with E-state index in [0.717, 1.165) is 64.2 Å². The number of hydrogen-bond donors (Lipinski definition) is 0. The van der Waals surface area contributed by atoms with E-state index in [1.807, 2.05) is 0 Å². The largest absolute Gasteiger partial charge is 0.383 e. The Balaban J connectivity index is 1.53. The standard InChI is InChI=1S/C25H36BrFN2O5S/c1-34-18-20-11-9-15-29(20)35(32,33)21-12-13-23-22(16-21)24(30)25(31)28(23)14-8-6-4-2-3-5-7-10-19(26)17-27/h12-13,16,19-20H,2-11,14-15,17-18H2,1H3/t19?,20-/m0/s1. The van der Waals surface area contributed by atoms with Crippen molar-refractivity contribution < 1.29 is 27.1 Å². The maximum absolute atomic E-state index is 13.2. The molecule has 0 aromatic heterocycles. The second-order valence-corrected chi connectivity index (χ2v) is 12.5. The highest BCUT2D eigenvalue weighted by Crippen LogP contribution is 2.34. The first-order valence-electron chi connectivity index (χ1n) is 12.5. The molecule has 1 unspecified atom stereocenters. The molecule has 2 aliphatic heterocycles. The van der Waals surface area contributed by atoms with Crippen LogP contribution in [0.1, 0.15) is 74.6 Å². The molecule has 3 rings (SSSR count). The number of anilines is 1. The number of nitrogens with zero attached hydrogens (tertiary/aromatic N) is 2. The lowest BCUT2D eigenvalue weighted by atomic mass is 10.1. The highest BCUT2D eigenvalue weighted by atomic mass is 79.9. The van der Waals surface area contributed by atoms with Gasteiger partial charge in [-0.1, -0.05) is 54.5 Å². The number of hydrogen-bond acceptors (Lipinski definition) is 5. The predicted molar refractivity (Wildman–Crippen MR) is 138 cm³/mol. The van der Waals surface area contributed by atoms with Gasteiger partial charge in [0.2, 0.25) is 10.0 Å². The van der Waals surface area contributed by atoms with Crippen LogP contribution in [0.4, 0.5) is 10.1 Å². The maximum Gasteiger partial charge on any atom is 0.299 e. The number of ether oxygens (including phenoxy) is 1. The number of unbranched alkanes of at least 4 members (excludes halogenated alkanes) is 6. The number of sulfonamides is 1. The first-order valence-corrected chi connectivity index (χ1v) is 14.9. The smallest absolute Gasteiger partial charge is 0.299 e. The molecular weight excluding hydrogens is 539 g/mol. The van der Waals surface area contributed by atoms with Crippen molar-refractivity contribution in [2.45, 2.75) is 80.0 Å². The van der Waals surface area contributed by atoms with Crippen LogP contribution in [0.3, 0.4) is 0 Å². The fraction of sp³-hybridized carbons (Fsp3) is 0.680. The van der Waals surface area contributed by atoms with Gasteiger partial charge < -0.3 is 9.64 Å². The topological polar surface area (TPSA) is 84.0 Å². The third kappa shape index (κ3) is 6.90. The number of carbonyl (C=O) groups excluding carboxylic acids is 2. The molecule has 1 amide bonds. The normalized spacial score (nSPS) is 19.5. The number of Topliss-reactive ketones (excluding diaryl/α,β-unsaturated/α-hetero) is 1. The Morgan fingerprint density at radius 2 is 1.80 bits per heavy atom. The van der Waals surface area contributed by atoms with Crippen molar-refractivity contribution in [3.8, 4) is 0 Å². The van der Waals surface area contributed by atoms with E-state index in [0.29, 0.717) is 25.4 Å². The molecule has 1 aromatic carbocycles. The van der Waals surface area contributed by atoms with E-state index in [1.54, 1.807) is 13.2 Å². The minimum atomic E-state index is -3.78. The van der Waals surface area contributed by atoms with Crippen LogP contribution in [0, 0.1) is 0 Å². The third-order valence-corrected chi connectivity index (χ3v) is 9.45. The Morgan fingerprint density at radius 1 is 1.11 bits per heavy atom. The molecule has 1 fully saturated rings. The molecule has 0 bridgehead atoms.